The van der Waals surface area contributed by atoms with E-state index < -0.39 is 0 Å². The predicted octanol–water partition coefficient (Wildman–Crippen LogP) is 10.3. The van der Waals surface area contributed by atoms with Crippen molar-refractivity contribution in [3.63, 3.8) is 0 Å². The number of rotatable bonds is 4. The molecule has 0 aliphatic carbocycles. The summed E-state index contributed by atoms with van der Waals surface area (Å²) in [5.41, 5.74) is 13.1. The minimum Gasteiger partial charge on any atom is -0.295 e. The van der Waals surface area contributed by atoms with Crippen molar-refractivity contribution in [2.75, 3.05) is 0 Å². The van der Waals surface area contributed by atoms with Crippen molar-refractivity contribution in [1.82, 2.24) is 13.5 Å². The molecule has 0 saturated carbocycles. The predicted molar refractivity (Wildman–Crippen MR) is 179 cm³/mol. The lowest BCUT2D eigenvalue weighted by molar-refractivity contribution is 1.10. The zero-order valence-electron chi connectivity index (χ0n) is 23.4. The van der Waals surface area contributed by atoms with Gasteiger partial charge in [0.15, 0.2) is 0 Å². The zero-order valence-corrected chi connectivity index (χ0v) is 23.4. The molecule has 9 aromatic rings. The highest BCUT2D eigenvalue weighted by Gasteiger charge is 2.22. The van der Waals surface area contributed by atoms with E-state index in [9.17, 15) is 0 Å². The summed E-state index contributed by atoms with van der Waals surface area (Å²) in [6, 6.07) is 58.8. The van der Waals surface area contributed by atoms with E-state index in [1.807, 2.05) is 0 Å². The van der Waals surface area contributed by atoms with Crippen molar-refractivity contribution >= 4 is 38.6 Å². The van der Waals surface area contributed by atoms with Crippen LogP contribution in [0.3, 0.4) is 0 Å². The van der Waals surface area contributed by atoms with Gasteiger partial charge in [-0.25, -0.2) is 0 Å². The van der Waals surface area contributed by atoms with E-state index in [2.05, 4.69) is 177 Å². The van der Waals surface area contributed by atoms with E-state index in [1.54, 1.807) is 0 Å². The molecular weight excluding hydrogens is 522 g/mol. The molecule has 3 nitrogen and oxygen atoms in total. The smallest absolute Gasteiger partial charge is 0.132 e. The second-order valence-corrected chi connectivity index (χ2v) is 11.1. The maximum Gasteiger partial charge on any atom is 0.132 e. The molecule has 0 saturated heterocycles. The Balaban J connectivity index is 1.30. The molecule has 0 amide bonds. The first-order valence-electron chi connectivity index (χ1n) is 14.7. The quantitative estimate of drug-likeness (QED) is 0.207. The van der Waals surface area contributed by atoms with Crippen LogP contribution in [0.25, 0.3) is 72.2 Å². The van der Waals surface area contributed by atoms with Crippen LogP contribution in [0.1, 0.15) is 0 Å². The van der Waals surface area contributed by atoms with Crippen LogP contribution < -0.4 is 0 Å². The van der Waals surface area contributed by atoms with E-state index in [0.29, 0.717) is 0 Å². The number of nitrogens with zero attached hydrogens (tertiary/aromatic N) is 3. The number of hydrogen-bond acceptors (Lipinski definition) is 0. The minimum absolute atomic E-state index is 1.15. The van der Waals surface area contributed by atoms with Crippen LogP contribution in [0.4, 0.5) is 0 Å². The van der Waals surface area contributed by atoms with Crippen molar-refractivity contribution in [2.24, 2.45) is 0 Å². The highest BCUT2D eigenvalue weighted by molar-refractivity contribution is 6.12. The van der Waals surface area contributed by atoms with Gasteiger partial charge in [0.25, 0.3) is 0 Å². The molecule has 0 aliphatic rings. The molecule has 3 heterocycles. The van der Waals surface area contributed by atoms with Crippen molar-refractivity contribution in [3.05, 3.63) is 164 Å². The fraction of sp³-hybridized carbons (Fsp3) is 0. The van der Waals surface area contributed by atoms with Gasteiger partial charge >= 0.3 is 0 Å². The number of aromatic nitrogens is 3. The van der Waals surface area contributed by atoms with Gasteiger partial charge in [0, 0.05) is 22.1 Å². The second kappa shape index (κ2) is 9.37. The van der Waals surface area contributed by atoms with Gasteiger partial charge in [-0.1, -0.05) is 115 Å². The Bertz CT molecular complexity index is 2410. The van der Waals surface area contributed by atoms with Crippen LogP contribution in [-0.2, 0) is 0 Å². The molecule has 0 unspecified atom stereocenters. The van der Waals surface area contributed by atoms with Gasteiger partial charge in [-0.15, -0.1) is 0 Å². The lowest BCUT2D eigenvalue weighted by atomic mass is 10.1. The van der Waals surface area contributed by atoms with Gasteiger partial charge in [0.1, 0.15) is 11.3 Å². The van der Waals surface area contributed by atoms with Crippen molar-refractivity contribution < 1.29 is 0 Å². The maximum absolute atomic E-state index is 2.43. The number of hydrogen-bond donors (Lipinski definition) is 0. The van der Waals surface area contributed by atoms with Crippen LogP contribution in [0.5, 0.6) is 0 Å². The SMILES string of the molecule is c1ccc(-c2ccc(-n3c4ccccc4n4c3cc3c5ccccc5n(-c5ccc(-c6ccccc6)cc5)c34)cc2)cc1. The van der Waals surface area contributed by atoms with E-state index >= 15 is 0 Å². The van der Waals surface area contributed by atoms with Crippen molar-refractivity contribution in [1.29, 1.82) is 0 Å². The maximum atomic E-state index is 2.43. The summed E-state index contributed by atoms with van der Waals surface area (Å²) in [6.07, 6.45) is 0. The molecule has 9 rings (SSSR count). The molecule has 43 heavy (non-hydrogen) atoms. The lowest BCUT2D eigenvalue weighted by Gasteiger charge is -2.10. The van der Waals surface area contributed by atoms with Crippen molar-refractivity contribution in [2.45, 2.75) is 0 Å². The number of imidazole rings is 1. The molecule has 3 aromatic heterocycles. The zero-order chi connectivity index (χ0) is 28.3. The van der Waals surface area contributed by atoms with Crippen molar-refractivity contribution in [3.8, 4) is 33.6 Å². The molecule has 0 spiro atoms. The van der Waals surface area contributed by atoms with Crippen LogP contribution in [-0.4, -0.2) is 13.5 Å². The Labute approximate surface area is 249 Å². The second-order valence-electron chi connectivity index (χ2n) is 11.1. The summed E-state index contributed by atoms with van der Waals surface area (Å²) < 4.78 is 7.24. The molecule has 202 valence electrons. The summed E-state index contributed by atoms with van der Waals surface area (Å²) in [7, 11) is 0. The first-order valence-corrected chi connectivity index (χ1v) is 14.7. The standard InChI is InChI=1S/C40H27N3/c1-3-11-28(12-4-1)30-19-23-32(24-20-30)41-37-17-9-10-18-38(37)43-39(41)27-35-34-15-7-8-16-36(34)42(40(35)43)33-25-21-31(22-26-33)29-13-5-2-6-14-29/h1-27H. The first kappa shape index (κ1) is 23.9. The summed E-state index contributed by atoms with van der Waals surface area (Å²) in [5.74, 6) is 0. The summed E-state index contributed by atoms with van der Waals surface area (Å²) in [6.45, 7) is 0. The highest BCUT2D eigenvalue weighted by atomic mass is 15.2. The Morgan fingerprint density at radius 1 is 0.326 bits per heavy atom. The largest absolute Gasteiger partial charge is 0.295 e. The van der Waals surface area contributed by atoms with Gasteiger partial charge in [-0.3, -0.25) is 13.5 Å². The molecule has 0 fully saturated rings. The van der Waals surface area contributed by atoms with E-state index in [4.69, 9.17) is 0 Å². The third-order valence-electron chi connectivity index (χ3n) is 8.66. The van der Waals surface area contributed by atoms with Gasteiger partial charge in [-0.2, -0.15) is 0 Å². The highest BCUT2D eigenvalue weighted by Crippen LogP contribution is 2.39. The topological polar surface area (TPSA) is 14.3 Å². The van der Waals surface area contributed by atoms with Crippen LogP contribution in [0, 0.1) is 0 Å². The van der Waals surface area contributed by atoms with Gasteiger partial charge in [-0.05, 0) is 70.8 Å². The third kappa shape index (κ3) is 3.62. The normalized spacial score (nSPS) is 11.7. The molecule has 0 radical (unpaired) electrons. The number of para-hydroxylation sites is 3. The number of fused-ring (bicyclic) bond motifs is 7. The fourth-order valence-corrected chi connectivity index (χ4v) is 6.68. The van der Waals surface area contributed by atoms with Crippen LogP contribution >= 0.6 is 0 Å². The summed E-state index contributed by atoms with van der Waals surface area (Å²) in [5, 5.41) is 2.50. The average molecular weight is 550 g/mol. The van der Waals surface area contributed by atoms with E-state index in [0.717, 1.165) is 17.0 Å². The Morgan fingerprint density at radius 3 is 1.40 bits per heavy atom. The third-order valence-corrected chi connectivity index (χ3v) is 8.66. The lowest BCUT2D eigenvalue weighted by Crippen LogP contribution is -1.97. The first-order chi connectivity index (χ1) is 21.3. The molecule has 0 N–H and O–H groups in total. The van der Waals surface area contributed by atoms with E-state index in [1.165, 1.54) is 55.2 Å². The average Bonchev–Trinajstić information content (AvgIpc) is 3.72. The minimum atomic E-state index is 1.15. The summed E-state index contributed by atoms with van der Waals surface area (Å²) in [4.78, 5) is 0. The Hall–Kier alpha value is -5.80. The van der Waals surface area contributed by atoms with E-state index in [-0.39, 0.29) is 0 Å². The van der Waals surface area contributed by atoms with Gasteiger partial charge < -0.3 is 0 Å². The molecule has 0 bridgehead atoms. The molecule has 0 aliphatic heterocycles. The fourth-order valence-electron chi connectivity index (χ4n) is 6.68. The molecule has 6 aromatic carbocycles. The van der Waals surface area contributed by atoms with Gasteiger partial charge in [0.2, 0.25) is 0 Å². The summed E-state index contributed by atoms with van der Waals surface area (Å²) >= 11 is 0. The molecule has 3 heteroatoms. The van der Waals surface area contributed by atoms with Gasteiger partial charge in [0.05, 0.1) is 16.6 Å². The Morgan fingerprint density at radius 2 is 0.791 bits per heavy atom. The molecular formula is C40H27N3. The monoisotopic (exact) mass is 549 g/mol. The van der Waals surface area contributed by atoms with Crippen LogP contribution in [0.15, 0.2) is 164 Å². The Kier molecular flexibility index (Phi) is 5.20. The van der Waals surface area contributed by atoms with Crippen LogP contribution in [0.2, 0.25) is 0 Å². The number of benzene rings is 6. The molecule has 0 atom stereocenters.